The number of hydrogen-bond donors (Lipinski definition) is 0. The lowest BCUT2D eigenvalue weighted by molar-refractivity contribution is 0.606. The first-order valence-corrected chi connectivity index (χ1v) is 8.65. The van der Waals surface area contributed by atoms with Gasteiger partial charge in [0.2, 0.25) is 0 Å². The van der Waals surface area contributed by atoms with Gasteiger partial charge in [-0.15, -0.1) is 0 Å². The second-order valence-electron chi connectivity index (χ2n) is 4.25. The molecule has 0 spiro atoms. The molecule has 0 N–H and O–H groups in total. The van der Waals surface area contributed by atoms with Gasteiger partial charge in [0.1, 0.15) is 0 Å². The average molecular weight is 295 g/mol. The number of alkyl halides is 1. The molecule has 0 saturated carbocycles. The lowest BCUT2D eigenvalue weighted by Gasteiger charge is -2.07. The molecular weight excluding hydrogens is 268 g/mol. The molecule has 0 aromatic heterocycles. The molecule has 0 radical (unpaired) electrons. The summed E-state index contributed by atoms with van der Waals surface area (Å²) in [4.78, 5) is 0. The zero-order valence-electron chi connectivity index (χ0n) is 10.4. The van der Waals surface area contributed by atoms with Crippen molar-refractivity contribution in [3.8, 4) is 0 Å². The molecule has 0 saturated heterocycles. The maximum atomic E-state index is 3.47. The minimum Gasteiger partial charge on any atom is -0.159 e. The van der Waals surface area contributed by atoms with Crippen LogP contribution < -0.4 is 0 Å². The first-order valence-electron chi connectivity index (χ1n) is 6.48. The van der Waals surface area contributed by atoms with Crippen molar-refractivity contribution in [3.63, 3.8) is 0 Å². The Balaban J connectivity index is 2.92. The van der Waals surface area contributed by atoms with Gasteiger partial charge in [0, 0.05) is 10.6 Å². The Bertz CT molecular complexity index is 117. The third kappa shape index (κ3) is 12.8. The third-order valence-corrected chi connectivity index (χ3v) is 4.74. The lowest BCUT2D eigenvalue weighted by Crippen LogP contribution is -1.94. The molecule has 15 heavy (non-hydrogen) atoms. The van der Waals surface area contributed by atoms with Crippen molar-refractivity contribution < 1.29 is 0 Å². The van der Waals surface area contributed by atoms with Crippen LogP contribution in [0.3, 0.4) is 0 Å². The van der Waals surface area contributed by atoms with Crippen molar-refractivity contribution in [1.29, 1.82) is 0 Å². The Labute approximate surface area is 109 Å². The minimum atomic E-state index is 0.865. The molecule has 0 nitrogen and oxygen atoms in total. The highest BCUT2D eigenvalue weighted by Crippen LogP contribution is 2.16. The lowest BCUT2D eigenvalue weighted by atomic mass is 10.1. The molecule has 0 aliphatic heterocycles. The highest BCUT2D eigenvalue weighted by molar-refractivity contribution is 9.09. The van der Waals surface area contributed by atoms with Gasteiger partial charge in [-0.1, -0.05) is 61.9 Å². The van der Waals surface area contributed by atoms with Crippen molar-refractivity contribution in [2.45, 2.75) is 70.5 Å². The fourth-order valence-corrected chi connectivity index (χ4v) is 2.89. The van der Waals surface area contributed by atoms with E-state index in [9.17, 15) is 0 Å². The van der Waals surface area contributed by atoms with Crippen molar-refractivity contribution in [1.82, 2.24) is 0 Å². The Kier molecular flexibility index (Phi) is 13.6. The topological polar surface area (TPSA) is 0 Å². The first-order chi connectivity index (χ1) is 7.31. The van der Waals surface area contributed by atoms with Gasteiger partial charge in [-0.3, -0.25) is 0 Å². The van der Waals surface area contributed by atoms with Crippen LogP contribution in [0.1, 0.15) is 65.2 Å². The van der Waals surface area contributed by atoms with Crippen LogP contribution in [0.15, 0.2) is 0 Å². The summed E-state index contributed by atoms with van der Waals surface area (Å²) < 4.78 is 0. The number of thioether (sulfide) groups is 1. The summed E-state index contributed by atoms with van der Waals surface area (Å²) in [6, 6.07) is 0. The highest BCUT2D eigenvalue weighted by atomic mass is 79.9. The summed E-state index contributed by atoms with van der Waals surface area (Å²) >= 11 is 5.61. The molecule has 0 aliphatic carbocycles. The van der Waals surface area contributed by atoms with Crippen LogP contribution >= 0.6 is 27.7 Å². The van der Waals surface area contributed by atoms with E-state index in [1.54, 1.807) is 0 Å². The van der Waals surface area contributed by atoms with Gasteiger partial charge in [0.15, 0.2) is 0 Å². The van der Waals surface area contributed by atoms with E-state index >= 15 is 0 Å². The van der Waals surface area contributed by atoms with Gasteiger partial charge in [0.05, 0.1) is 0 Å². The van der Waals surface area contributed by atoms with E-state index in [0.29, 0.717) is 0 Å². The Morgan fingerprint density at radius 1 is 0.933 bits per heavy atom. The van der Waals surface area contributed by atoms with E-state index in [2.05, 4.69) is 41.5 Å². The summed E-state index contributed by atoms with van der Waals surface area (Å²) in [7, 11) is 0. The van der Waals surface area contributed by atoms with E-state index in [0.717, 1.165) is 5.25 Å². The largest absolute Gasteiger partial charge is 0.159 e. The normalized spacial score (nSPS) is 13.0. The molecule has 0 aliphatic rings. The van der Waals surface area contributed by atoms with E-state index < -0.39 is 0 Å². The summed E-state index contributed by atoms with van der Waals surface area (Å²) in [5, 5.41) is 2.04. The first kappa shape index (κ1) is 15.8. The van der Waals surface area contributed by atoms with E-state index in [4.69, 9.17) is 0 Å². The summed E-state index contributed by atoms with van der Waals surface area (Å²) in [5.41, 5.74) is 0. The fourth-order valence-electron chi connectivity index (χ4n) is 1.48. The molecule has 2 heteroatoms. The standard InChI is InChI=1S/C13H27BrS/c1-3-13(2)15-12-10-8-6-4-5-7-9-11-14/h13H,3-12H2,1-2H3. The van der Waals surface area contributed by atoms with Crippen LogP contribution in [0.25, 0.3) is 0 Å². The average Bonchev–Trinajstić information content (AvgIpc) is 2.26. The molecular formula is C13H27BrS. The number of unbranched alkanes of at least 4 members (excludes halogenated alkanes) is 6. The predicted molar refractivity (Wildman–Crippen MR) is 78.3 cm³/mol. The van der Waals surface area contributed by atoms with E-state index in [1.807, 2.05) is 0 Å². The van der Waals surface area contributed by atoms with Gasteiger partial charge in [-0.05, 0) is 25.0 Å². The van der Waals surface area contributed by atoms with Crippen LogP contribution in [-0.4, -0.2) is 16.3 Å². The zero-order chi connectivity index (χ0) is 11.4. The zero-order valence-corrected chi connectivity index (χ0v) is 12.8. The molecule has 0 rings (SSSR count). The van der Waals surface area contributed by atoms with Gasteiger partial charge in [-0.2, -0.15) is 11.8 Å². The molecule has 0 aromatic rings. The van der Waals surface area contributed by atoms with Crippen LogP contribution in [0, 0.1) is 0 Å². The fraction of sp³-hybridized carbons (Fsp3) is 1.00. The minimum absolute atomic E-state index is 0.865. The second kappa shape index (κ2) is 12.9. The monoisotopic (exact) mass is 294 g/mol. The predicted octanol–water partition coefficient (Wildman–Crippen LogP) is 5.64. The molecule has 0 bridgehead atoms. The van der Waals surface area contributed by atoms with Crippen molar-refractivity contribution in [2.75, 3.05) is 11.1 Å². The quantitative estimate of drug-likeness (QED) is 0.351. The summed E-state index contributed by atoms with van der Waals surface area (Å²) in [5.74, 6) is 1.37. The highest BCUT2D eigenvalue weighted by Gasteiger charge is 1.98. The molecule has 1 unspecified atom stereocenters. The molecule has 0 amide bonds. The second-order valence-corrected chi connectivity index (χ2v) is 6.59. The van der Waals surface area contributed by atoms with Gasteiger partial charge in [-0.25, -0.2) is 0 Å². The van der Waals surface area contributed by atoms with Crippen molar-refractivity contribution in [2.24, 2.45) is 0 Å². The summed E-state index contributed by atoms with van der Waals surface area (Å²) in [6.45, 7) is 4.62. The molecule has 0 fully saturated rings. The maximum Gasteiger partial charge on any atom is 0.00313 e. The van der Waals surface area contributed by atoms with Gasteiger partial charge < -0.3 is 0 Å². The maximum absolute atomic E-state index is 3.47. The Hall–Kier alpha value is 0.830. The van der Waals surface area contributed by atoms with Crippen LogP contribution in [0.2, 0.25) is 0 Å². The van der Waals surface area contributed by atoms with E-state index in [1.165, 1.54) is 62.4 Å². The molecule has 0 heterocycles. The number of rotatable bonds is 11. The smallest absolute Gasteiger partial charge is 0.00313 e. The Morgan fingerprint density at radius 3 is 2.00 bits per heavy atom. The summed E-state index contributed by atoms with van der Waals surface area (Å²) in [6.07, 6.45) is 11.3. The van der Waals surface area contributed by atoms with Crippen molar-refractivity contribution >= 4 is 27.7 Å². The molecule has 92 valence electrons. The van der Waals surface area contributed by atoms with Gasteiger partial charge in [0.25, 0.3) is 0 Å². The van der Waals surface area contributed by atoms with E-state index in [-0.39, 0.29) is 0 Å². The third-order valence-electron chi connectivity index (χ3n) is 2.76. The van der Waals surface area contributed by atoms with Crippen LogP contribution in [0.5, 0.6) is 0 Å². The molecule has 1 atom stereocenters. The SMILES string of the molecule is CCC(C)SCCCCCCCCCBr. The van der Waals surface area contributed by atoms with Gasteiger partial charge >= 0.3 is 0 Å². The number of hydrogen-bond acceptors (Lipinski definition) is 1. The number of halogens is 1. The van der Waals surface area contributed by atoms with Crippen molar-refractivity contribution in [3.05, 3.63) is 0 Å². The van der Waals surface area contributed by atoms with Crippen LogP contribution in [0.4, 0.5) is 0 Å². The van der Waals surface area contributed by atoms with Crippen LogP contribution in [-0.2, 0) is 0 Å². The Morgan fingerprint density at radius 2 is 1.47 bits per heavy atom. The molecule has 0 aromatic carbocycles.